The number of benzene rings is 1. The van der Waals surface area contributed by atoms with Crippen molar-refractivity contribution in [3.63, 3.8) is 0 Å². The lowest BCUT2D eigenvalue weighted by atomic mass is 10.0. The van der Waals surface area contributed by atoms with Crippen molar-refractivity contribution in [3.8, 4) is 23.2 Å². The van der Waals surface area contributed by atoms with Gasteiger partial charge in [0.15, 0.2) is 17.5 Å². The minimum absolute atomic E-state index is 0.298. The lowest BCUT2D eigenvalue weighted by Crippen LogP contribution is -2.31. The summed E-state index contributed by atoms with van der Waals surface area (Å²) < 4.78 is 37.5. The summed E-state index contributed by atoms with van der Waals surface area (Å²) in [7, 11) is 0. The van der Waals surface area contributed by atoms with E-state index in [1.165, 1.54) is 18.5 Å². The van der Waals surface area contributed by atoms with Crippen LogP contribution in [0.25, 0.3) is 11.4 Å². The fourth-order valence-electron chi connectivity index (χ4n) is 2.66. The molecule has 1 aliphatic heterocycles. The summed E-state index contributed by atoms with van der Waals surface area (Å²) in [4.78, 5) is 8.29. The number of ether oxygens (including phenoxy) is 2. The van der Waals surface area contributed by atoms with Gasteiger partial charge in [0.25, 0.3) is 0 Å². The van der Waals surface area contributed by atoms with Gasteiger partial charge in [0, 0.05) is 23.9 Å². The molecule has 0 saturated carbocycles. The zero-order valence-electron chi connectivity index (χ0n) is 14.8. The molecule has 2 aromatic rings. The number of nitrogens with zero attached hydrogens (tertiary/aromatic N) is 2. The summed E-state index contributed by atoms with van der Waals surface area (Å²) in [6.45, 7) is 4.97. The van der Waals surface area contributed by atoms with E-state index in [1.54, 1.807) is 0 Å². The van der Waals surface area contributed by atoms with Crippen molar-refractivity contribution in [3.05, 3.63) is 60.4 Å². The number of halogens is 2. The third-order valence-corrected chi connectivity index (χ3v) is 4.15. The zero-order chi connectivity index (χ0) is 19.1. The number of unbranched alkanes of at least 4 members (excludes halogenated alkanes) is 1. The van der Waals surface area contributed by atoms with E-state index in [0.717, 1.165) is 31.4 Å². The molecule has 1 aliphatic rings. The van der Waals surface area contributed by atoms with E-state index in [2.05, 4.69) is 28.4 Å². The fourth-order valence-corrected chi connectivity index (χ4v) is 2.66. The summed E-state index contributed by atoms with van der Waals surface area (Å²) in [6.07, 6.45) is 7.53. The second-order valence-corrected chi connectivity index (χ2v) is 6.28. The van der Waals surface area contributed by atoms with E-state index in [1.807, 2.05) is 6.08 Å². The van der Waals surface area contributed by atoms with Crippen LogP contribution in [0.2, 0.25) is 0 Å². The number of hydrogen-bond acceptors (Lipinski definition) is 4. The predicted molar refractivity (Wildman–Crippen MR) is 97.5 cm³/mol. The first kappa shape index (κ1) is 19.2. The molecule has 1 aromatic heterocycles. The van der Waals surface area contributed by atoms with Crippen LogP contribution in [0.4, 0.5) is 8.78 Å². The molecule has 0 unspecified atom stereocenters. The zero-order valence-corrected chi connectivity index (χ0v) is 14.8. The summed E-state index contributed by atoms with van der Waals surface area (Å²) in [5.41, 5.74) is 0.983. The maximum Gasteiger partial charge on any atom is 0.222 e. The highest BCUT2D eigenvalue weighted by Gasteiger charge is 2.20. The second kappa shape index (κ2) is 9.36. The van der Waals surface area contributed by atoms with Crippen LogP contribution < -0.4 is 0 Å². The Morgan fingerprint density at radius 2 is 1.89 bits per heavy atom. The molecule has 0 atom stereocenters. The van der Waals surface area contributed by atoms with Gasteiger partial charge in [0.1, 0.15) is 0 Å². The lowest BCUT2D eigenvalue weighted by Gasteiger charge is -2.26. The molecular weight excluding hydrogens is 350 g/mol. The van der Waals surface area contributed by atoms with Crippen LogP contribution in [0.5, 0.6) is 0 Å². The molecule has 1 saturated heterocycles. The van der Waals surface area contributed by atoms with Gasteiger partial charge >= 0.3 is 0 Å². The molecule has 140 valence electrons. The maximum absolute atomic E-state index is 13.3. The van der Waals surface area contributed by atoms with Gasteiger partial charge in [0.05, 0.1) is 18.8 Å². The Balaban J connectivity index is 1.55. The van der Waals surface area contributed by atoms with Crippen molar-refractivity contribution in [1.29, 1.82) is 0 Å². The van der Waals surface area contributed by atoms with E-state index in [9.17, 15) is 8.78 Å². The van der Waals surface area contributed by atoms with Crippen molar-refractivity contribution in [2.75, 3.05) is 13.2 Å². The van der Waals surface area contributed by atoms with Crippen molar-refractivity contribution in [2.45, 2.75) is 25.6 Å². The molecule has 0 radical (unpaired) electrons. The first-order valence-corrected chi connectivity index (χ1v) is 8.79. The second-order valence-electron chi connectivity index (χ2n) is 6.28. The van der Waals surface area contributed by atoms with Crippen LogP contribution in [-0.2, 0) is 9.47 Å². The van der Waals surface area contributed by atoms with Gasteiger partial charge in [-0.1, -0.05) is 12.0 Å². The first-order valence-electron chi connectivity index (χ1n) is 8.79. The Morgan fingerprint density at radius 3 is 2.56 bits per heavy atom. The number of aromatic nitrogens is 2. The van der Waals surface area contributed by atoms with Crippen LogP contribution in [0, 0.1) is 29.4 Å². The molecule has 0 bridgehead atoms. The average molecular weight is 370 g/mol. The van der Waals surface area contributed by atoms with Gasteiger partial charge in [-0.25, -0.2) is 18.7 Å². The molecule has 1 fully saturated rings. The molecule has 2 heterocycles. The lowest BCUT2D eigenvalue weighted by molar-refractivity contribution is -0.170. The largest absolute Gasteiger partial charge is 0.342 e. The topological polar surface area (TPSA) is 44.2 Å². The number of hydrogen-bond donors (Lipinski definition) is 0. The van der Waals surface area contributed by atoms with Crippen LogP contribution in [0.1, 0.15) is 24.8 Å². The standard InChI is InChI=1S/C21H20F2N2O2/c1-2-3-4-5-16-13-26-20(27-14-16)9-6-15-11-24-21(25-12-15)17-7-8-18(22)19(23)10-17/h2,7-8,10-12,16,20H,1,3-5,13-14H2/t16-,20-. The summed E-state index contributed by atoms with van der Waals surface area (Å²) >= 11 is 0. The predicted octanol–water partition coefficient (Wildman–Crippen LogP) is 4.12. The SMILES string of the molecule is C=CCCC[C@H]1CO[C@H](C#Cc2cnc(-c3ccc(F)c(F)c3)nc2)OC1. The van der Waals surface area contributed by atoms with Crippen LogP contribution in [-0.4, -0.2) is 29.5 Å². The maximum atomic E-state index is 13.3. The highest BCUT2D eigenvalue weighted by atomic mass is 19.2. The molecule has 1 aromatic carbocycles. The normalized spacial score (nSPS) is 19.2. The van der Waals surface area contributed by atoms with Crippen LogP contribution in [0.15, 0.2) is 43.2 Å². The Hall–Kier alpha value is -2.62. The van der Waals surface area contributed by atoms with Gasteiger partial charge in [0.2, 0.25) is 6.29 Å². The van der Waals surface area contributed by atoms with E-state index in [0.29, 0.717) is 36.1 Å². The van der Waals surface area contributed by atoms with Gasteiger partial charge in [-0.05, 0) is 43.4 Å². The van der Waals surface area contributed by atoms with Crippen molar-refractivity contribution in [1.82, 2.24) is 9.97 Å². The summed E-state index contributed by atoms with van der Waals surface area (Å²) in [5, 5.41) is 0. The minimum atomic E-state index is -0.936. The van der Waals surface area contributed by atoms with Gasteiger partial charge in [-0.3, -0.25) is 0 Å². The summed E-state index contributed by atoms with van der Waals surface area (Å²) in [5.74, 6) is 4.66. The molecule has 0 spiro atoms. The third kappa shape index (κ3) is 5.43. The molecule has 0 amide bonds. The fraction of sp³-hybridized carbons (Fsp3) is 0.333. The molecule has 0 aliphatic carbocycles. The van der Waals surface area contributed by atoms with Gasteiger partial charge < -0.3 is 9.47 Å². The molecular formula is C21H20F2N2O2. The average Bonchev–Trinajstić information content (AvgIpc) is 2.70. The molecule has 6 heteroatoms. The smallest absolute Gasteiger partial charge is 0.222 e. The van der Waals surface area contributed by atoms with E-state index < -0.39 is 17.9 Å². The minimum Gasteiger partial charge on any atom is -0.342 e. The van der Waals surface area contributed by atoms with Crippen LogP contribution in [0.3, 0.4) is 0 Å². The van der Waals surface area contributed by atoms with E-state index in [-0.39, 0.29) is 0 Å². The molecule has 3 rings (SSSR count). The third-order valence-electron chi connectivity index (χ3n) is 4.15. The van der Waals surface area contributed by atoms with Crippen molar-refractivity contribution >= 4 is 0 Å². The Bertz CT molecular complexity index is 835. The highest BCUT2D eigenvalue weighted by molar-refractivity contribution is 5.55. The first-order chi connectivity index (χ1) is 13.2. The highest BCUT2D eigenvalue weighted by Crippen LogP contribution is 2.18. The van der Waals surface area contributed by atoms with Crippen molar-refractivity contribution < 1.29 is 18.3 Å². The molecule has 0 N–H and O–H groups in total. The number of allylic oxidation sites excluding steroid dienone is 1. The van der Waals surface area contributed by atoms with Gasteiger partial charge in [-0.15, -0.1) is 6.58 Å². The Morgan fingerprint density at radius 1 is 1.15 bits per heavy atom. The van der Waals surface area contributed by atoms with E-state index in [4.69, 9.17) is 9.47 Å². The molecule has 27 heavy (non-hydrogen) atoms. The Kier molecular flexibility index (Phi) is 6.64. The summed E-state index contributed by atoms with van der Waals surface area (Å²) in [6, 6.07) is 3.53. The monoisotopic (exact) mass is 370 g/mol. The van der Waals surface area contributed by atoms with Crippen LogP contribution >= 0.6 is 0 Å². The Labute approximate surface area is 157 Å². The van der Waals surface area contributed by atoms with Crippen molar-refractivity contribution in [2.24, 2.45) is 5.92 Å². The molecule has 4 nitrogen and oxygen atoms in total. The quantitative estimate of drug-likeness (QED) is 0.451. The number of rotatable bonds is 5. The van der Waals surface area contributed by atoms with E-state index >= 15 is 0 Å². The van der Waals surface area contributed by atoms with Gasteiger partial charge in [-0.2, -0.15) is 0 Å².